The highest BCUT2D eigenvalue weighted by Gasteiger charge is 2.00. The lowest BCUT2D eigenvalue weighted by molar-refractivity contribution is 1.32. The SMILES string of the molecule is C(=C\c1ccc2ccc3ccccc3c2c1)/c1ccncc1. The molecule has 3 aromatic carbocycles. The van der Waals surface area contributed by atoms with Gasteiger partial charge in [0, 0.05) is 12.4 Å². The third kappa shape index (κ3) is 2.38. The van der Waals surface area contributed by atoms with Gasteiger partial charge in [-0.05, 0) is 50.9 Å². The van der Waals surface area contributed by atoms with E-state index < -0.39 is 0 Å². The van der Waals surface area contributed by atoms with Crippen molar-refractivity contribution in [1.29, 1.82) is 0 Å². The minimum Gasteiger partial charge on any atom is -0.265 e. The van der Waals surface area contributed by atoms with E-state index >= 15 is 0 Å². The zero-order valence-corrected chi connectivity index (χ0v) is 12.1. The largest absolute Gasteiger partial charge is 0.265 e. The summed E-state index contributed by atoms with van der Waals surface area (Å²) in [5.41, 5.74) is 2.37. The molecule has 0 spiro atoms. The maximum atomic E-state index is 4.04. The number of rotatable bonds is 2. The second-order valence-corrected chi connectivity index (χ2v) is 5.38. The topological polar surface area (TPSA) is 12.9 Å². The normalized spacial score (nSPS) is 11.5. The van der Waals surface area contributed by atoms with E-state index in [9.17, 15) is 0 Å². The fourth-order valence-corrected chi connectivity index (χ4v) is 2.79. The highest BCUT2D eigenvalue weighted by molar-refractivity contribution is 6.08. The third-order valence-electron chi connectivity index (χ3n) is 3.95. The Morgan fingerprint density at radius 1 is 0.591 bits per heavy atom. The molecule has 0 saturated carbocycles. The van der Waals surface area contributed by atoms with Crippen LogP contribution in [0.1, 0.15) is 11.1 Å². The molecule has 0 atom stereocenters. The lowest BCUT2D eigenvalue weighted by Gasteiger charge is -2.05. The van der Waals surface area contributed by atoms with Gasteiger partial charge in [0.15, 0.2) is 0 Å². The number of fused-ring (bicyclic) bond motifs is 3. The van der Waals surface area contributed by atoms with Gasteiger partial charge in [-0.2, -0.15) is 0 Å². The molecule has 104 valence electrons. The Hall–Kier alpha value is -2.93. The molecule has 0 aliphatic heterocycles. The molecule has 0 radical (unpaired) electrons. The molecule has 0 unspecified atom stereocenters. The molecule has 0 amide bonds. The van der Waals surface area contributed by atoms with Gasteiger partial charge in [0.2, 0.25) is 0 Å². The van der Waals surface area contributed by atoms with Gasteiger partial charge in [-0.3, -0.25) is 4.98 Å². The van der Waals surface area contributed by atoms with E-state index in [1.807, 2.05) is 24.5 Å². The summed E-state index contributed by atoms with van der Waals surface area (Å²) in [7, 11) is 0. The first-order chi connectivity index (χ1) is 10.9. The van der Waals surface area contributed by atoms with Crippen molar-refractivity contribution < 1.29 is 0 Å². The van der Waals surface area contributed by atoms with Crippen molar-refractivity contribution in [3.05, 3.63) is 90.3 Å². The van der Waals surface area contributed by atoms with Gasteiger partial charge >= 0.3 is 0 Å². The lowest BCUT2D eigenvalue weighted by atomic mass is 10.00. The Balaban J connectivity index is 1.83. The Bertz CT molecular complexity index is 969. The van der Waals surface area contributed by atoms with E-state index in [1.54, 1.807) is 0 Å². The highest BCUT2D eigenvalue weighted by Crippen LogP contribution is 2.26. The molecule has 0 bridgehead atoms. The summed E-state index contributed by atoms with van der Waals surface area (Å²) >= 11 is 0. The number of aromatic nitrogens is 1. The highest BCUT2D eigenvalue weighted by atomic mass is 14.6. The van der Waals surface area contributed by atoms with E-state index in [1.165, 1.54) is 27.1 Å². The first-order valence-corrected chi connectivity index (χ1v) is 7.40. The van der Waals surface area contributed by atoms with E-state index in [0.717, 1.165) is 5.56 Å². The van der Waals surface area contributed by atoms with Crippen molar-refractivity contribution in [3.8, 4) is 0 Å². The monoisotopic (exact) mass is 281 g/mol. The second kappa shape index (κ2) is 5.45. The first-order valence-electron chi connectivity index (χ1n) is 7.40. The van der Waals surface area contributed by atoms with Gasteiger partial charge in [0.05, 0.1) is 0 Å². The van der Waals surface area contributed by atoms with Crippen LogP contribution in [0.5, 0.6) is 0 Å². The molecular weight excluding hydrogens is 266 g/mol. The summed E-state index contributed by atoms with van der Waals surface area (Å²) < 4.78 is 0. The van der Waals surface area contributed by atoms with Crippen molar-refractivity contribution >= 4 is 33.7 Å². The first kappa shape index (κ1) is 12.8. The Labute approximate surface area is 129 Å². The Kier molecular flexibility index (Phi) is 3.17. The van der Waals surface area contributed by atoms with Gasteiger partial charge in [-0.25, -0.2) is 0 Å². The summed E-state index contributed by atoms with van der Waals surface area (Å²) in [5.74, 6) is 0. The number of benzene rings is 3. The molecular formula is C21H15N. The van der Waals surface area contributed by atoms with E-state index in [2.05, 4.69) is 71.7 Å². The molecule has 4 aromatic rings. The van der Waals surface area contributed by atoms with Crippen LogP contribution < -0.4 is 0 Å². The van der Waals surface area contributed by atoms with E-state index in [4.69, 9.17) is 0 Å². The van der Waals surface area contributed by atoms with Gasteiger partial charge in [0.25, 0.3) is 0 Å². The van der Waals surface area contributed by atoms with E-state index in [0.29, 0.717) is 0 Å². The van der Waals surface area contributed by atoms with Crippen LogP contribution in [0.3, 0.4) is 0 Å². The number of nitrogens with zero attached hydrogens (tertiary/aromatic N) is 1. The average molecular weight is 281 g/mol. The number of pyridine rings is 1. The average Bonchev–Trinajstić information content (AvgIpc) is 2.60. The third-order valence-corrected chi connectivity index (χ3v) is 3.95. The van der Waals surface area contributed by atoms with Crippen molar-refractivity contribution in [2.24, 2.45) is 0 Å². The molecule has 0 aliphatic carbocycles. The minimum absolute atomic E-state index is 1.16. The van der Waals surface area contributed by atoms with Gasteiger partial charge in [-0.15, -0.1) is 0 Å². The van der Waals surface area contributed by atoms with Gasteiger partial charge < -0.3 is 0 Å². The molecule has 1 heterocycles. The molecule has 0 aliphatic rings. The molecule has 1 nitrogen and oxygen atoms in total. The summed E-state index contributed by atoms with van der Waals surface area (Å²) in [6.07, 6.45) is 7.89. The minimum atomic E-state index is 1.16. The summed E-state index contributed by atoms with van der Waals surface area (Å²) in [4.78, 5) is 4.04. The predicted molar refractivity (Wildman–Crippen MR) is 94.6 cm³/mol. The van der Waals surface area contributed by atoms with E-state index in [-0.39, 0.29) is 0 Å². The molecule has 0 saturated heterocycles. The zero-order valence-electron chi connectivity index (χ0n) is 12.1. The second-order valence-electron chi connectivity index (χ2n) is 5.38. The van der Waals surface area contributed by atoms with Crippen LogP contribution in [0.25, 0.3) is 33.7 Å². The fourth-order valence-electron chi connectivity index (χ4n) is 2.79. The molecule has 4 rings (SSSR count). The maximum absolute atomic E-state index is 4.04. The predicted octanol–water partition coefficient (Wildman–Crippen LogP) is 5.56. The standard InChI is InChI=1S/C21H15N/c1-2-4-20-18(3-1)9-10-19-8-7-17(15-21(19)20)6-5-16-11-13-22-14-12-16/h1-15H/b6-5+. The molecule has 22 heavy (non-hydrogen) atoms. The van der Waals surface area contributed by atoms with Crippen LogP contribution in [0.4, 0.5) is 0 Å². The summed E-state index contributed by atoms with van der Waals surface area (Å²) in [6.45, 7) is 0. The smallest absolute Gasteiger partial charge is 0.0273 e. The Morgan fingerprint density at radius 3 is 2.14 bits per heavy atom. The maximum Gasteiger partial charge on any atom is 0.0273 e. The van der Waals surface area contributed by atoms with Crippen molar-refractivity contribution in [1.82, 2.24) is 4.98 Å². The molecule has 1 aromatic heterocycles. The number of hydrogen-bond acceptors (Lipinski definition) is 1. The van der Waals surface area contributed by atoms with Crippen LogP contribution in [0.15, 0.2) is 79.1 Å². The molecule has 1 heteroatoms. The Morgan fingerprint density at radius 2 is 1.27 bits per heavy atom. The number of hydrogen-bond donors (Lipinski definition) is 0. The van der Waals surface area contributed by atoms with Crippen molar-refractivity contribution in [3.63, 3.8) is 0 Å². The van der Waals surface area contributed by atoms with Crippen LogP contribution in [-0.2, 0) is 0 Å². The lowest BCUT2D eigenvalue weighted by Crippen LogP contribution is -1.79. The van der Waals surface area contributed by atoms with Crippen LogP contribution >= 0.6 is 0 Å². The fraction of sp³-hybridized carbons (Fsp3) is 0. The van der Waals surface area contributed by atoms with Crippen LogP contribution in [-0.4, -0.2) is 4.98 Å². The van der Waals surface area contributed by atoms with Crippen molar-refractivity contribution in [2.45, 2.75) is 0 Å². The van der Waals surface area contributed by atoms with Crippen LogP contribution in [0, 0.1) is 0 Å². The molecule has 0 fully saturated rings. The van der Waals surface area contributed by atoms with Crippen molar-refractivity contribution in [2.75, 3.05) is 0 Å². The zero-order chi connectivity index (χ0) is 14.8. The molecule has 0 N–H and O–H groups in total. The van der Waals surface area contributed by atoms with Gasteiger partial charge in [-0.1, -0.05) is 60.7 Å². The van der Waals surface area contributed by atoms with Gasteiger partial charge in [0.1, 0.15) is 0 Å². The quantitative estimate of drug-likeness (QED) is 0.438. The summed E-state index contributed by atoms with van der Waals surface area (Å²) in [5, 5.41) is 5.17. The summed E-state index contributed by atoms with van der Waals surface area (Å²) in [6, 6.07) is 23.5. The van der Waals surface area contributed by atoms with Crippen LogP contribution in [0.2, 0.25) is 0 Å².